The van der Waals surface area contributed by atoms with Gasteiger partial charge in [0.1, 0.15) is 11.6 Å². The molecule has 0 fully saturated rings. The van der Waals surface area contributed by atoms with Gasteiger partial charge in [-0.2, -0.15) is 0 Å². The molecule has 0 amide bonds. The number of aromatic nitrogens is 1. The van der Waals surface area contributed by atoms with Crippen LogP contribution in [0.3, 0.4) is 0 Å². The maximum absolute atomic E-state index is 12.7. The number of benzene rings is 1. The molecular formula is C12H8FNO2. The zero-order chi connectivity index (χ0) is 11.5. The average molecular weight is 217 g/mol. The highest BCUT2D eigenvalue weighted by molar-refractivity contribution is 6.10. The van der Waals surface area contributed by atoms with Crippen LogP contribution in [-0.2, 0) is 0 Å². The number of hydrogen-bond acceptors (Lipinski definition) is 3. The van der Waals surface area contributed by atoms with Crippen molar-refractivity contribution >= 4 is 5.78 Å². The van der Waals surface area contributed by atoms with Crippen LogP contribution in [0.2, 0.25) is 0 Å². The van der Waals surface area contributed by atoms with Gasteiger partial charge in [-0.15, -0.1) is 0 Å². The number of pyridine rings is 1. The van der Waals surface area contributed by atoms with E-state index < -0.39 is 5.82 Å². The van der Waals surface area contributed by atoms with Gasteiger partial charge >= 0.3 is 0 Å². The van der Waals surface area contributed by atoms with Crippen LogP contribution < -0.4 is 0 Å². The van der Waals surface area contributed by atoms with Gasteiger partial charge in [-0.05, 0) is 24.3 Å². The summed E-state index contributed by atoms with van der Waals surface area (Å²) in [7, 11) is 0. The number of halogens is 1. The molecule has 16 heavy (non-hydrogen) atoms. The SMILES string of the molecule is O=C(c1cccnc1)c1ccc(F)cc1O. The van der Waals surface area contributed by atoms with Crippen molar-refractivity contribution in [2.24, 2.45) is 0 Å². The summed E-state index contributed by atoms with van der Waals surface area (Å²) in [6.45, 7) is 0. The summed E-state index contributed by atoms with van der Waals surface area (Å²) in [6, 6.07) is 6.48. The van der Waals surface area contributed by atoms with Gasteiger partial charge in [0.2, 0.25) is 0 Å². The first kappa shape index (κ1) is 10.3. The van der Waals surface area contributed by atoms with Gasteiger partial charge in [-0.1, -0.05) is 0 Å². The summed E-state index contributed by atoms with van der Waals surface area (Å²) in [5, 5.41) is 9.44. The summed E-state index contributed by atoms with van der Waals surface area (Å²) in [4.78, 5) is 15.7. The molecule has 1 N–H and O–H groups in total. The Morgan fingerprint density at radius 1 is 1.31 bits per heavy atom. The molecule has 2 aromatic rings. The molecule has 0 aliphatic carbocycles. The van der Waals surface area contributed by atoms with Crippen LogP contribution in [0.5, 0.6) is 5.75 Å². The summed E-state index contributed by atoms with van der Waals surface area (Å²) >= 11 is 0. The minimum atomic E-state index is -0.583. The lowest BCUT2D eigenvalue weighted by Crippen LogP contribution is -2.02. The van der Waals surface area contributed by atoms with E-state index in [0.717, 1.165) is 12.1 Å². The van der Waals surface area contributed by atoms with Crippen LogP contribution in [0.1, 0.15) is 15.9 Å². The lowest BCUT2D eigenvalue weighted by Gasteiger charge is -2.03. The van der Waals surface area contributed by atoms with Crippen LogP contribution in [-0.4, -0.2) is 15.9 Å². The average Bonchev–Trinajstić information content (AvgIpc) is 2.29. The van der Waals surface area contributed by atoms with Crippen molar-refractivity contribution in [1.29, 1.82) is 0 Å². The summed E-state index contributed by atoms with van der Waals surface area (Å²) in [5.41, 5.74) is 0.416. The topological polar surface area (TPSA) is 50.2 Å². The Hall–Kier alpha value is -2.23. The summed E-state index contributed by atoms with van der Waals surface area (Å²) in [6.07, 6.45) is 2.94. The maximum Gasteiger partial charge on any atom is 0.198 e. The Morgan fingerprint density at radius 2 is 2.12 bits per heavy atom. The van der Waals surface area contributed by atoms with E-state index in [-0.39, 0.29) is 17.1 Å². The van der Waals surface area contributed by atoms with Crippen molar-refractivity contribution in [2.45, 2.75) is 0 Å². The van der Waals surface area contributed by atoms with E-state index in [0.29, 0.717) is 5.56 Å². The molecule has 4 heteroatoms. The van der Waals surface area contributed by atoms with Gasteiger partial charge in [-0.3, -0.25) is 9.78 Å². The highest BCUT2D eigenvalue weighted by Crippen LogP contribution is 2.20. The molecule has 0 saturated heterocycles. The van der Waals surface area contributed by atoms with Gasteiger partial charge in [-0.25, -0.2) is 4.39 Å². The summed E-state index contributed by atoms with van der Waals surface area (Å²) in [5.74, 6) is -1.33. The Morgan fingerprint density at radius 3 is 2.75 bits per heavy atom. The van der Waals surface area contributed by atoms with E-state index in [1.54, 1.807) is 18.3 Å². The molecule has 0 bridgehead atoms. The molecule has 3 nitrogen and oxygen atoms in total. The second-order valence-corrected chi connectivity index (χ2v) is 3.23. The second-order valence-electron chi connectivity index (χ2n) is 3.23. The first-order chi connectivity index (χ1) is 7.68. The number of aromatic hydroxyl groups is 1. The van der Waals surface area contributed by atoms with E-state index in [1.807, 2.05) is 0 Å². The fraction of sp³-hybridized carbons (Fsp3) is 0. The normalized spacial score (nSPS) is 10.1. The smallest absolute Gasteiger partial charge is 0.198 e. The Bertz CT molecular complexity index is 526. The highest BCUT2D eigenvalue weighted by Gasteiger charge is 2.13. The molecule has 2 rings (SSSR count). The predicted octanol–water partition coefficient (Wildman–Crippen LogP) is 2.16. The quantitative estimate of drug-likeness (QED) is 0.784. The minimum absolute atomic E-state index is 0.0643. The number of ketones is 1. The number of phenols is 1. The Balaban J connectivity index is 2.42. The van der Waals surface area contributed by atoms with Gasteiger partial charge in [0.15, 0.2) is 5.78 Å². The number of nitrogens with zero attached hydrogens (tertiary/aromatic N) is 1. The van der Waals surface area contributed by atoms with E-state index in [2.05, 4.69) is 4.98 Å². The molecule has 0 aliphatic rings. The standard InChI is InChI=1S/C12H8FNO2/c13-9-3-4-10(11(15)6-9)12(16)8-2-1-5-14-7-8/h1-7,15H. The van der Waals surface area contributed by atoms with Crippen molar-refractivity contribution < 1.29 is 14.3 Å². The van der Waals surface area contributed by atoms with Gasteiger partial charge in [0, 0.05) is 24.0 Å². The van der Waals surface area contributed by atoms with Gasteiger partial charge in [0.05, 0.1) is 5.56 Å². The highest BCUT2D eigenvalue weighted by atomic mass is 19.1. The third-order valence-corrected chi connectivity index (χ3v) is 2.13. The van der Waals surface area contributed by atoms with Crippen molar-refractivity contribution in [3.63, 3.8) is 0 Å². The van der Waals surface area contributed by atoms with Crippen molar-refractivity contribution in [1.82, 2.24) is 4.98 Å². The summed E-state index contributed by atoms with van der Waals surface area (Å²) < 4.78 is 12.7. The number of carbonyl (C=O) groups excluding carboxylic acids is 1. The number of hydrogen-bond donors (Lipinski definition) is 1. The van der Waals surface area contributed by atoms with Crippen LogP contribution >= 0.6 is 0 Å². The van der Waals surface area contributed by atoms with Gasteiger partial charge in [0.25, 0.3) is 0 Å². The van der Waals surface area contributed by atoms with E-state index in [4.69, 9.17) is 0 Å². The third-order valence-electron chi connectivity index (χ3n) is 2.13. The zero-order valence-corrected chi connectivity index (χ0v) is 8.22. The maximum atomic E-state index is 12.7. The number of rotatable bonds is 2. The predicted molar refractivity (Wildman–Crippen MR) is 55.7 cm³/mol. The minimum Gasteiger partial charge on any atom is -0.507 e. The van der Waals surface area contributed by atoms with Crippen molar-refractivity contribution in [3.8, 4) is 5.75 Å². The first-order valence-corrected chi connectivity index (χ1v) is 4.62. The Kier molecular flexibility index (Phi) is 2.64. The first-order valence-electron chi connectivity index (χ1n) is 4.62. The zero-order valence-electron chi connectivity index (χ0n) is 8.22. The largest absolute Gasteiger partial charge is 0.507 e. The molecule has 1 heterocycles. The fourth-order valence-electron chi connectivity index (χ4n) is 1.35. The molecule has 0 spiro atoms. The molecule has 0 unspecified atom stereocenters. The van der Waals surface area contributed by atoms with E-state index >= 15 is 0 Å². The van der Waals surface area contributed by atoms with Crippen LogP contribution in [0.15, 0.2) is 42.7 Å². The molecular weight excluding hydrogens is 209 g/mol. The van der Waals surface area contributed by atoms with Crippen molar-refractivity contribution in [2.75, 3.05) is 0 Å². The molecule has 0 saturated carbocycles. The van der Waals surface area contributed by atoms with Crippen LogP contribution in [0, 0.1) is 5.82 Å². The Labute approximate surface area is 91.2 Å². The lowest BCUT2D eigenvalue weighted by molar-refractivity contribution is 0.103. The second kappa shape index (κ2) is 4.10. The lowest BCUT2D eigenvalue weighted by atomic mass is 10.0. The van der Waals surface area contributed by atoms with Crippen LogP contribution in [0.4, 0.5) is 4.39 Å². The van der Waals surface area contributed by atoms with Crippen molar-refractivity contribution in [3.05, 3.63) is 59.7 Å². The molecule has 0 atom stereocenters. The monoisotopic (exact) mass is 217 g/mol. The molecule has 1 aromatic carbocycles. The van der Waals surface area contributed by atoms with E-state index in [1.165, 1.54) is 12.3 Å². The van der Waals surface area contributed by atoms with E-state index in [9.17, 15) is 14.3 Å². The van der Waals surface area contributed by atoms with Crippen LogP contribution in [0.25, 0.3) is 0 Å². The third kappa shape index (κ3) is 1.91. The molecule has 80 valence electrons. The molecule has 0 radical (unpaired) electrons. The molecule has 1 aromatic heterocycles. The number of phenolic OH excluding ortho intramolecular Hbond substituents is 1. The number of carbonyl (C=O) groups is 1. The fourth-order valence-corrected chi connectivity index (χ4v) is 1.35. The van der Waals surface area contributed by atoms with Gasteiger partial charge < -0.3 is 5.11 Å². The molecule has 0 aliphatic heterocycles.